The number of nitrogens with zero attached hydrogens (tertiary/aromatic N) is 1. The normalized spacial score (nSPS) is 15.9. The Bertz CT molecular complexity index is 662. The number of benzene rings is 1. The molecule has 5 nitrogen and oxygen atoms in total. The quantitative estimate of drug-likeness (QED) is 0.944. The topological polar surface area (TPSA) is 62.6 Å². The van der Waals surface area contributed by atoms with Crippen LogP contribution < -0.4 is 10.2 Å². The Morgan fingerprint density at radius 3 is 2.64 bits per heavy atom. The van der Waals surface area contributed by atoms with Crippen molar-refractivity contribution < 1.29 is 14.0 Å². The summed E-state index contributed by atoms with van der Waals surface area (Å²) in [6, 6.07) is 10.5. The van der Waals surface area contributed by atoms with Crippen molar-refractivity contribution in [1.82, 2.24) is 5.32 Å². The molecule has 1 N–H and O–H groups in total. The van der Waals surface area contributed by atoms with Crippen LogP contribution in [0.2, 0.25) is 0 Å². The van der Waals surface area contributed by atoms with Crippen LogP contribution in [0.4, 0.5) is 5.69 Å². The minimum absolute atomic E-state index is 0.142. The second-order valence-corrected chi connectivity index (χ2v) is 5.41. The second kappa shape index (κ2) is 6.05. The first kappa shape index (κ1) is 14.4. The fraction of sp³-hybridized carbons (Fsp3) is 0.294. The smallest absolute Gasteiger partial charge is 0.251 e. The van der Waals surface area contributed by atoms with Crippen molar-refractivity contribution in [2.75, 3.05) is 11.4 Å². The molecule has 1 fully saturated rings. The molecule has 1 aliphatic rings. The fourth-order valence-corrected chi connectivity index (χ4v) is 2.60. The Morgan fingerprint density at radius 1 is 1.27 bits per heavy atom. The molecule has 0 spiro atoms. The van der Waals surface area contributed by atoms with Crippen molar-refractivity contribution in [3.63, 3.8) is 0 Å². The number of furan rings is 1. The Morgan fingerprint density at radius 2 is 2.05 bits per heavy atom. The maximum atomic E-state index is 12.2. The zero-order valence-corrected chi connectivity index (χ0v) is 12.4. The van der Waals surface area contributed by atoms with Gasteiger partial charge >= 0.3 is 0 Å². The van der Waals surface area contributed by atoms with Gasteiger partial charge in [0.25, 0.3) is 5.91 Å². The highest BCUT2D eigenvalue weighted by molar-refractivity contribution is 5.97. The lowest BCUT2D eigenvalue weighted by Crippen LogP contribution is -2.27. The van der Waals surface area contributed by atoms with E-state index in [0.29, 0.717) is 17.7 Å². The molecule has 5 heteroatoms. The molecule has 2 amide bonds. The molecular weight excluding hydrogens is 280 g/mol. The number of amides is 2. The molecule has 1 atom stereocenters. The number of carbonyl (C=O) groups excluding carboxylic acids is 2. The average molecular weight is 298 g/mol. The van der Waals surface area contributed by atoms with Gasteiger partial charge in [-0.25, -0.2) is 0 Å². The van der Waals surface area contributed by atoms with Crippen molar-refractivity contribution in [2.24, 2.45) is 0 Å². The summed E-state index contributed by atoms with van der Waals surface area (Å²) in [7, 11) is 0. The molecule has 1 aromatic heterocycles. The van der Waals surface area contributed by atoms with Crippen LogP contribution in [0.15, 0.2) is 47.1 Å². The molecule has 0 radical (unpaired) electrons. The zero-order chi connectivity index (χ0) is 15.5. The van der Waals surface area contributed by atoms with Crippen LogP contribution in [0.5, 0.6) is 0 Å². The van der Waals surface area contributed by atoms with Crippen LogP contribution in [-0.2, 0) is 4.79 Å². The van der Waals surface area contributed by atoms with E-state index in [1.807, 2.05) is 25.1 Å². The predicted molar refractivity (Wildman–Crippen MR) is 82.6 cm³/mol. The van der Waals surface area contributed by atoms with E-state index >= 15 is 0 Å². The van der Waals surface area contributed by atoms with Crippen LogP contribution in [0.25, 0.3) is 0 Å². The minimum Gasteiger partial charge on any atom is -0.467 e. The number of hydrogen-bond acceptors (Lipinski definition) is 3. The van der Waals surface area contributed by atoms with Gasteiger partial charge in [0.15, 0.2) is 0 Å². The summed E-state index contributed by atoms with van der Waals surface area (Å²) in [5, 5.41) is 2.88. The third-order valence-corrected chi connectivity index (χ3v) is 3.83. The predicted octanol–water partition coefficient (Wildman–Crippen LogP) is 2.90. The van der Waals surface area contributed by atoms with E-state index in [4.69, 9.17) is 4.42 Å². The van der Waals surface area contributed by atoms with Crippen molar-refractivity contribution >= 4 is 17.5 Å². The third-order valence-electron chi connectivity index (χ3n) is 3.83. The Hall–Kier alpha value is -2.56. The van der Waals surface area contributed by atoms with Crippen LogP contribution >= 0.6 is 0 Å². The van der Waals surface area contributed by atoms with Gasteiger partial charge in [-0.1, -0.05) is 0 Å². The van der Waals surface area contributed by atoms with E-state index in [0.717, 1.165) is 18.7 Å². The molecule has 2 aromatic rings. The summed E-state index contributed by atoms with van der Waals surface area (Å²) in [5.74, 6) is 0.694. The first-order valence-corrected chi connectivity index (χ1v) is 7.40. The lowest BCUT2D eigenvalue weighted by molar-refractivity contribution is -0.117. The van der Waals surface area contributed by atoms with Crippen molar-refractivity contribution in [1.29, 1.82) is 0 Å². The number of hydrogen-bond donors (Lipinski definition) is 1. The molecule has 3 rings (SSSR count). The van der Waals surface area contributed by atoms with E-state index < -0.39 is 0 Å². The van der Waals surface area contributed by atoms with Crippen LogP contribution in [0, 0.1) is 0 Å². The van der Waals surface area contributed by atoms with Crippen molar-refractivity contribution in [3.8, 4) is 0 Å². The highest BCUT2D eigenvalue weighted by Gasteiger charge is 2.21. The molecule has 114 valence electrons. The molecular formula is C17H18N2O3. The molecule has 1 aromatic carbocycles. The Labute approximate surface area is 128 Å². The molecule has 0 saturated carbocycles. The molecule has 22 heavy (non-hydrogen) atoms. The van der Waals surface area contributed by atoms with Gasteiger partial charge in [-0.05, 0) is 49.7 Å². The van der Waals surface area contributed by atoms with Gasteiger partial charge < -0.3 is 14.6 Å². The first-order chi connectivity index (χ1) is 10.6. The van der Waals surface area contributed by atoms with Gasteiger partial charge in [0.05, 0.1) is 12.3 Å². The monoisotopic (exact) mass is 298 g/mol. The SMILES string of the molecule is C[C@@H](NC(=O)c1ccc(N2CCCC2=O)cc1)c1ccco1. The summed E-state index contributed by atoms with van der Waals surface area (Å²) in [6.07, 6.45) is 3.07. The van der Waals surface area contributed by atoms with Crippen LogP contribution in [0.3, 0.4) is 0 Å². The molecule has 1 saturated heterocycles. The van der Waals surface area contributed by atoms with Crippen molar-refractivity contribution in [3.05, 3.63) is 54.0 Å². The van der Waals surface area contributed by atoms with E-state index in [-0.39, 0.29) is 17.9 Å². The highest BCUT2D eigenvalue weighted by Crippen LogP contribution is 2.22. The van der Waals surface area contributed by atoms with Gasteiger partial charge in [0.1, 0.15) is 5.76 Å². The molecule has 0 unspecified atom stereocenters. The van der Waals surface area contributed by atoms with E-state index in [2.05, 4.69) is 5.32 Å². The van der Waals surface area contributed by atoms with Gasteiger partial charge in [0.2, 0.25) is 5.91 Å². The van der Waals surface area contributed by atoms with Crippen molar-refractivity contribution in [2.45, 2.75) is 25.8 Å². The summed E-state index contributed by atoms with van der Waals surface area (Å²) in [6.45, 7) is 2.62. The largest absolute Gasteiger partial charge is 0.467 e. The third kappa shape index (κ3) is 2.88. The lowest BCUT2D eigenvalue weighted by atomic mass is 10.1. The maximum absolute atomic E-state index is 12.2. The standard InChI is InChI=1S/C17H18N2O3/c1-12(15-4-3-11-22-15)18-17(21)13-6-8-14(9-7-13)19-10-2-5-16(19)20/h3-4,6-9,11-12H,2,5,10H2,1H3,(H,18,21)/t12-/m1/s1. The fourth-order valence-electron chi connectivity index (χ4n) is 2.60. The molecule has 0 bridgehead atoms. The summed E-state index contributed by atoms with van der Waals surface area (Å²) in [5.41, 5.74) is 1.41. The summed E-state index contributed by atoms with van der Waals surface area (Å²) < 4.78 is 5.27. The molecule has 1 aliphatic heterocycles. The highest BCUT2D eigenvalue weighted by atomic mass is 16.3. The van der Waals surface area contributed by atoms with Crippen LogP contribution in [-0.4, -0.2) is 18.4 Å². The number of anilines is 1. The van der Waals surface area contributed by atoms with Gasteiger partial charge in [-0.3, -0.25) is 9.59 Å². The second-order valence-electron chi connectivity index (χ2n) is 5.41. The van der Waals surface area contributed by atoms with Gasteiger partial charge in [-0.15, -0.1) is 0 Å². The van der Waals surface area contributed by atoms with Crippen LogP contribution in [0.1, 0.15) is 41.9 Å². The van der Waals surface area contributed by atoms with E-state index in [1.54, 1.807) is 29.4 Å². The maximum Gasteiger partial charge on any atom is 0.251 e. The average Bonchev–Trinajstić information content (AvgIpc) is 3.18. The first-order valence-electron chi connectivity index (χ1n) is 7.40. The number of rotatable bonds is 4. The minimum atomic E-state index is -0.192. The Balaban J connectivity index is 1.67. The summed E-state index contributed by atoms with van der Waals surface area (Å²) >= 11 is 0. The molecule has 2 heterocycles. The summed E-state index contributed by atoms with van der Waals surface area (Å²) in [4.78, 5) is 25.7. The van der Waals surface area contributed by atoms with E-state index in [1.165, 1.54) is 0 Å². The number of carbonyl (C=O) groups is 2. The van der Waals surface area contributed by atoms with Gasteiger partial charge in [0, 0.05) is 24.2 Å². The Kier molecular flexibility index (Phi) is 3.96. The number of nitrogens with one attached hydrogen (secondary N) is 1. The lowest BCUT2D eigenvalue weighted by Gasteiger charge is -2.16. The van der Waals surface area contributed by atoms with Gasteiger partial charge in [-0.2, -0.15) is 0 Å². The van der Waals surface area contributed by atoms with E-state index in [9.17, 15) is 9.59 Å². The zero-order valence-electron chi connectivity index (χ0n) is 12.4. The molecule has 0 aliphatic carbocycles.